The summed E-state index contributed by atoms with van der Waals surface area (Å²) in [5, 5.41) is 7.67. The number of fused-ring (bicyclic) bond motifs is 1. The van der Waals surface area contributed by atoms with Crippen molar-refractivity contribution >= 4 is 17.3 Å². The summed E-state index contributed by atoms with van der Waals surface area (Å²) in [7, 11) is 2.00. The maximum atomic E-state index is 6.10. The zero-order valence-electron chi connectivity index (χ0n) is 9.39. The maximum Gasteiger partial charge on any atom is 0.0455 e. The van der Waals surface area contributed by atoms with Gasteiger partial charge in [0.2, 0.25) is 0 Å². The van der Waals surface area contributed by atoms with E-state index in [1.54, 1.807) is 0 Å². The summed E-state index contributed by atoms with van der Waals surface area (Å²) in [4.78, 5) is 0. The monoisotopic (exact) mass is 224 g/mol. The standard InChI is InChI=1S/C12H17ClN2/c1-7-10(13)5-4-9-6-11(8(2)14-3)15-12(7)9/h4-5,8,11,14-15H,6H2,1-3H3. The number of nitrogens with one attached hydrogen (secondary N) is 2. The second kappa shape index (κ2) is 4.03. The van der Waals surface area contributed by atoms with Crippen LogP contribution >= 0.6 is 11.6 Å². The van der Waals surface area contributed by atoms with E-state index in [0.29, 0.717) is 12.1 Å². The van der Waals surface area contributed by atoms with Crippen LogP contribution in [-0.4, -0.2) is 19.1 Å². The molecule has 0 spiro atoms. The van der Waals surface area contributed by atoms with Gasteiger partial charge in [-0.15, -0.1) is 0 Å². The van der Waals surface area contributed by atoms with Crippen molar-refractivity contribution in [2.45, 2.75) is 32.4 Å². The first-order chi connectivity index (χ1) is 7.13. The Balaban J connectivity index is 2.27. The normalized spacial score (nSPS) is 20.9. The number of anilines is 1. The summed E-state index contributed by atoms with van der Waals surface area (Å²) in [5.41, 5.74) is 3.78. The Morgan fingerprint density at radius 3 is 2.93 bits per heavy atom. The highest BCUT2D eigenvalue weighted by Gasteiger charge is 2.26. The van der Waals surface area contributed by atoms with Crippen LogP contribution in [-0.2, 0) is 6.42 Å². The van der Waals surface area contributed by atoms with Gasteiger partial charge in [0, 0.05) is 22.8 Å². The molecule has 0 amide bonds. The second-order valence-electron chi connectivity index (χ2n) is 4.24. The van der Waals surface area contributed by atoms with E-state index < -0.39 is 0 Å². The average molecular weight is 225 g/mol. The SMILES string of the molecule is CNC(C)C1Cc2ccc(Cl)c(C)c2N1. The number of rotatable bonds is 2. The van der Waals surface area contributed by atoms with Crippen LogP contribution in [0.3, 0.4) is 0 Å². The fourth-order valence-corrected chi connectivity index (χ4v) is 2.25. The van der Waals surface area contributed by atoms with Crippen LogP contribution in [0.2, 0.25) is 5.02 Å². The Bertz CT molecular complexity index is 376. The number of hydrogen-bond acceptors (Lipinski definition) is 2. The molecule has 82 valence electrons. The van der Waals surface area contributed by atoms with Crippen molar-refractivity contribution in [1.82, 2.24) is 5.32 Å². The molecule has 2 rings (SSSR count). The van der Waals surface area contributed by atoms with Crippen LogP contribution in [0.15, 0.2) is 12.1 Å². The molecule has 0 bridgehead atoms. The van der Waals surface area contributed by atoms with Crippen molar-refractivity contribution in [2.24, 2.45) is 0 Å². The van der Waals surface area contributed by atoms with Crippen LogP contribution < -0.4 is 10.6 Å². The molecule has 3 heteroatoms. The van der Waals surface area contributed by atoms with Crippen LogP contribution in [0.5, 0.6) is 0 Å². The second-order valence-corrected chi connectivity index (χ2v) is 4.65. The van der Waals surface area contributed by atoms with E-state index in [4.69, 9.17) is 11.6 Å². The molecule has 1 aromatic carbocycles. The van der Waals surface area contributed by atoms with Gasteiger partial charge in [-0.1, -0.05) is 17.7 Å². The molecule has 1 aromatic rings. The Hall–Kier alpha value is -0.730. The molecule has 15 heavy (non-hydrogen) atoms. The predicted molar refractivity (Wildman–Crippen MR) is 65.8 cm³/mol. The summed E-state index contributed by atoms with van der Waals surface area (Å²) in [6.07, 6.45) is 1.08. The summed E-state index contributed by atoms with van der Waals surface area (Å²) in [6.45, 7) is 4.26. The molecule has 0 aromatic heterocycles. The number of halogens is 1. The first-order valence-corrected chi connectivity index (χ1v) is 5.73. The van der Waals surface area contributed by atoms with E-state index >= 15 is 0 Å². The van der Waals surface area contributed by atoms with E-state index in [-0.39, 0.29) is 0 Å². The quantitative estimate of drug-likeness (QED) is 0.807. The van der Waals surface area contributed by atoms with Gasteiger partial charge in [0.05, 0.1) is 0 Å². The largest absolute Gasteiger partial charge is 0.380 e. The highest BCUT2D eigenvalue weighted by Crippen LogP contribution is 2.34. The molecular formula is C12H17ClN2. The minimum atomic E-state index is 0.468. The van der Waals surface area contributed by atoms with Crippen molar-refractivity contribution in [1.29, 1.82) is 0 Å². The van der Waals surface area contributed by atoms with Crippen molar-refractivity contribution in [3.8, 4) is 0 Å². The van der Waals surface area contributed by atoms with Gasteiger partial charge in [-0.2, -0.15) is 0 Å². The Morgan fingerprint density at radius 2 is 2.27 bits per heavy atom. The van der Waals surface area contributed by atoms with Crippen LogP contribution in [0.4, 0.5) is 5.69 Å². The molecule has 0 saturated carbocycles. The number of benzene rings is 1. The van der Waals surface area contributed by atoms with E-state index in [1.165, 1.54) is 16.8 Å². The molecule has 1 aliphatic heterocycles. The highest BCUT2D eigenvalue weighted by atomic mass is 35.5. The van der Waals surface area contributed by atoms with Gasteiger partial charge >= 0.3 is 0 Å². The van der Waals surface area contributed by atoms with Crippen LogP contribution in [0.25, 0.3) is 0 Å². The Labute approximate surface area is 96.0 Å². The molecule has 0 fully saturated rings. The molecule has 2 atom stereocenters. The van der Waals surface area contributed by atoms with Gasteiger partial charge < -0.3 is 10.6 Å². The number of likely N-dealkylation sites (N-methyl/N-ethyl adjacent to an activating group) is 1. The van der Waals surface area contributed by atoms with Gasteiger partial charge in [0.1, 0.15) is 0 Å². The minimum absolute atomic E-state index is 0.468. The third kappa shape index (κ3) is 1.84. The third-order valence-corrected chi connectivity index (χ3v) is 3.72. The lowest BCUT2D eigenvalue weighted by molar-refractivity contribution is 0.527. The van der Waals surface area contributed by atoms with Crippen molar-refractivity contribution < 1.29 is 0 Å². The van der Waals surface area contributed by atoms with Gasteiger partial charge in [0.25, 0.3) is 0 Å². The van der Waals surface area contributed by atoms with Gasteiger partial charge in [-0.05, 0) is 44.5 Å². The molecule has 2 N–H and O–H groups in total. The Morgan fingerprint density at radius 1 is 1.53 bits per heavy atom. The summed E-state index contributed by atoms with van der Waals surface area (Å²) < 4.78 is 0. The van der Waals surface area contributed by atoms with Gasteiger partial charge in [-0.25, -0.2) is 0 Å². The number of hydrogen-bond donors (Lipinski definition) is 2. The predicted octanol–water partition coefficient (Wildman–Crippen LogP) is 2.59. The minimum Gasteiger partial charge on any atom is -0.380 e. The lowest BCUT2D eigenvalue weighted by Gasteiger charge is -2.19. The molecule has 0 radical (unpaired) electrons. The smallest absolute Gasteiger partial charge is 0.0455 e. The van der Waals surface area contributed by atoms with Crippen LogP contribution in [0.1, 0.15) is 18.1 Å². The lowest BCUT2D eigenvalue weighted by atomic mass is 10.0. The van der Waals surface area contributed by atoms with Gasteiger partial charge in [0.15, 0.2) is 0 Å². The zero-order valence-corrected chi connectivity index (χ0v) is 10.2. The average Bonchev–Trinajstić information content (AvgIpc) is 2.67. The van der Waals surface area contributed by atoms with Crippen molar-refractivity contribution in [3.63, 3.8) is 0 Å². The topological polar surface area (TPSA) is 24.1 Å². The van der Waals surface area contributed by atoms with E-state index in [2.05, 4.69) is 30.5 Å². The summed E-state index contributed by atoms with van der Waals surface area (Å²) in [6, 6.07) is 5.06. The zero-order chi connectivity index (χ0) is 11.0. The highest BCUT2D eigenvalue weighted by molar-refractivity contribution is 6.31. The van der Waals surface area contributed by atoms with Crippen molar-refractivity contribution in [2.75, 3.05) is 12.4 Å². The fourth-order valence-electron chi connectivity index (χ4n) is 2.09. The third-order valence-electron chi connectivity index (χ3n) is 3.31. The molecular weight excluding hydrogens is 208 g/mol. The molecule has 2 unspecified atom stereocenters. The molecule has 0 saturated heterocycles. The van der Waals surface area contributed by atoms with E-state index in [0.717, 1.165) is 11.4 Å². The molecule has 1 aliphatic rings. The van der Waals surface area contributed by atoms with Crippen LogP contribution in [0, 0.1) is 6.92 Å². The van der Waals surface area contributed by atoms with Gasteiger partial charge in [-0.3, -0.25) is 0 Å². The lowest BCUT2D eigenvalue weighted by Crippen LogP contribution is -2.38. The first kappa shape index (κ1) is 10.8. The first-order valence-electron chi connectivity index (χ1n) is 5.35. The maximum absolute atomic E-state index is 6.10. The molecule has 2 nitrogen and oxygen atoms in total. The van der Waals surface area contributed by atoms with Crippen molar-refractivity contribution in [3.05, 3.63) is 28.3 Å². The summed E-state index contributed by atoms with van der Waals surface area (Å²) in [5.74, 6) is 0. The van der Waals surface area contributed by atoms with E-state index in [9.17, 15) is 0 Å². The summed E-state index contributed by atoms with van der Waals surface area (Å²) >= 11 is 6.10. The molecule has 0 aliphatic carbocycles. The Kier molecular flexibility index (Phi) is 2.89. The van der Waals surface area contributed by atoms with E-state index in [1.807, 2.05) is 13.1 Å². The fraction of sp³-hybridized carbons (Fsp3) is 0.500. The molecule has 1 heterocycles.